The fourth-order valence-corrected chi connectivity index (χ4v) is 1.95. The molecule has 0 atom stereocenters. The molecule has 1 heterocycles. The summed E-state index contributed by atoms with van der Waals surface area (Å²) in [5.74, 6) is 0. The topological polar surface area (TPSA) is 50.1 Å². The number of aromatic nitrogens is 2. The van der Waals surface area contributed by atoms with E-state index >= 15 is 0 Å². The van der Waals surface area contributed by atoms with Gasteiger partial charge in [0, 0.05) is 18.8 Å². The van der Waals surface area contributed by atoms with E-state index in [0.717, 1.165) is 38.2 Å². The van der Waals surface area contributed by atoms with Gasteiger partial charge in [-0.25, -0.2) is 0 Å². The predicted molar refractivity (Wildman–Crippen MR) is 65.7 cm³/mol. The van der Waals surface area contributed by atoms with Gasteiger partial charge in [-0.1, -0.05) is 0 Å². The van der Waals surface area contributed by atoms with Crippen LogP contribution in [-0.2, 0) is 13.0 Å². The summed E-state index contributed by atoms with van der Waals surface area (Å²) >= 11 is 0. The molecule has 0 amide bonds. The lowest BCUT2D eigenvalue weighted by Crippen LogP contribution is -2.19. The molecular weight excluding hydrogens is 202 g/mol. The van der Waals surface area contributed by atoms with Crippen LogP contribution in [0.3, 0.4) is 0 Å². The van der Waals surface area contributed by atoms with Crippen molar-refractivity contribution < 1.29 is 5.11 Å². The van der Waals surface area contributed by atoms with Crippen molar-refractivity contribution in [3.05, 3.63) is 17.0 Å². The van der Waals surface area contributed by atoms with E-state index in [9.17, 15) is 0 Å². The van der Waals surface area contributed by atoms with E-state index < -0.39 is 0 Å². The Bertz CT molecular complexity index is 320. The second kappa shape index (κ2) is 6.66. The zero-order valence-electron chi connectivity index (χ0n) is 10.6. The van der Waals surface area contributed by atoms with Crippen molar-refractivity contribution in [2.75, 3.05) is 19.7 Å². The molecule has 0 unspecified atom stereocenters. The van der Waals surface area contributed by atoms with Crippen molar-refractivity contribution in [1.29, 1.82) is 0 Å². The molecule has 0 radical (unpaired) electrons. The number of nitrogens with zero attached hydrogens (tertiary/aromatic N) is 2. The molecular formula is C12H23N3O. The second-order valence-electron chi connectivity index (χ2n) is 4.04. The van der Waals surface area contributed by atoms with Crippen molar-refractivity contribution >= 4 is 0 Å². The molecule has 0 saturated heterocycles. The third kappa shape index (κ3) is 3.32. The standard InChI is InChI=1S/C12H23N3O/c1-4-15-11(3)12(10(2)14-15)6-8-13-7-5-9-16/h13,16H,4-9H2,1-3H3. The molecule has 1 aromatic rings. The van der Waals surface area contributed by atoms with Gasteiger partial charge >= 0.3 is 0 Å². The Labute approximate surface area is 97.7 Å². The molecule has 0 aliphatic heterocycles. The Morgan fingerprint density at radius 3 is 2.62 bits per heavy atom. The highest BCUT2D eigenvalue weighted by molar-refractivity contribution is 5.24. The largest absolute Gasteiger partial charge is 0.396 e. The lowest BCUT2D eigenvalue weighted by atomic mass is 10.1. The van der Waals surface area contributed by atoms with Crippen molar-refractivity contribution in [2.24, 2.45) is 0 Å². The van der Waals surface area contributed by atoms with E-state index in [1.165, 1.54) is 11.3 Å². The highest BCUT2D eigenvalue weighted by Crippen LogP contribution is 2.12. The number of rotatable bonds is 7. The minimum Gasteiger partial charge on any atom is -0.396 e. The fourth-order valence-electron chi connectivity index (χ4n) is 1.95. The summed E-state index contributed by atoms with van der Waals surface area (Å²) < 4.78 is 2.05. The molecule has 16 heavy (non-hydrogen) atoms. The van der Waals surface area contributed by atoms with E-state index in [1.54, 1.807) is 0 Å². The van der Waals surface area contributed by atoms with Crippen molar-refractivity contribution in [3.8, 4) is 0 Å². The van der Waals surface area contributed by atoms with Gasteiger partial charge in [-0.2, -0.15) is 5.10 Å². The molecule has 0 spiro atoms. The zero-order valence-corrected chi connectivity index (χ0v) is 10.6. The second-order valence-corrected chi connectivity index (χ2v) is 4.04. The van der Waals surface area contributed by atoms with Crippen LogP contribution in [0.25, 0.3) is 0 Å². The molecule has 2 N–H and O–H groups in total. The molecule has 0 bridgehead atoms. The highest BCUT2D eigenvalue weighted by Gasteiger charge is 2.09. The van der Waals surface area contributed by atoms with Crippen molar-refractivity contribution in [1.82, 2.24) is 15.1 Å². The van der Waals surface area contributed by atoms with Crippen LogP contribution in [0.5, 0.6) is 0 Å². The van der Waals surface area contributed by atoms with Crippen LogP contribution < -0.4 is 5.32 Å². The number of aliphatic hydroxyl groups excluding tert-OH is 1. The van der Waals surface area contributed by atoms with Crippen LogP contribution in [-0.4, -0.2) is 34.6 Å². The maximum atomic E-state index is 8.65. The molecule has 1 rings (SSSR count). The van der Waals surface area contributed by atoms with Crippen LogP contribution in [0, 0.1) is 13.8 Å². The Morgan fingerprint density at radius 2 is 2.06 bits per heavy atom. The van der Waals surface area contributed by atoms with Gasteiger partial charge in [0.1, 0.15) is 0 Å². The summed E-state index contributed by atoms with van der Waals surface area (Å²) in [6.07, 6.45) is 1.84. The maximum Gasteiger partial charge on any atom is 0.0628 e. The van der Waals surface area contributed by atoms with Gasteiger partial charge in [-0.3, -0.25) is 4.68 Å². The first-order chi connectivity index (χ1) is 7.70. The Hall–Kier alpha value is -0.870. The molecule has 0 aromatic carbocycles. The quantitative estimate of drug-likeness (QED) is 0.682. The highest BCUT2D eigenvalue weighted by atomic mass is 16.3. The zero-order chi connectivity index (χ0) is 12.0. The van der Waals surface area contributed by atoms with Gasteiger partial charge in [-0.15, -0.1) is 0 Å². The van der Waals surface area contributed by atoms with Crippen LogP contribution >= 0.6 is 0 Å². The average molecular weight is 225 g/mol. The summed E-state index contributed by atoms with van der Waals surface area (Å²) in [4.78, 5) is 0. The lowest BCUT2D eigenvalue weighted by molar-refractivity contribution is 0.286. The van der Waals surface area contributed by atoms with E-state index in [2.05, 4.69) is 35.9 Å². The van der Waals surface area contributed by atoms with Gasteiger partial charge in [0.25, 0.3) is 0 Å². The number of aliphatic hydroxyl groups is 1. The molecule has 4 nitrogen and oxygen atoms in total. The Kier molecular flexibility index (Phi) is 5.49. The number of nitrogens with one attached hydrogen (secondary N) is 1. The predicted octanol–water partition coefficient (Wildman–Crippen LogP) is 1.03. The Morgan fingerprint density at radius 1 is 1.31 bits per heavy atom. The first-order valence-corrected chi connectivity index (χ1v) is 6.05. The van der Waals surface area contributed by atoms with E-state index in [4.69, 9.17) is 5.11 Å². The number of hydrogen-bond donors (Lipinski definition) is 2. The SMILES string of the molecule is CCn1nc(C)c(CCNCCCO)c1C. The van der Waals surface area contributed by atoms with Crippen LogP contribution in [0.2, 0.25) is 0 Å². The minimum atomic E-state index is 0.263. The van der Waals surface area contributed by atoms with Gasteiger partial charge in [0.05, 0.1) is 5.69 Å². The molecule has 0 saturated carbocycles. The van der Waals surface area contributed by atoms with Gasteiger partial charge in [-0.05, 0) is 52.3 Å². The summed E-state index contributed by atoms with van der Waals surface area (Å²) in [5, 5.41) is 16.5. The number of aryl methyl sites for hydroxylation is 2. The van der Waals surface area contributed by atoms with Gasteiger partial charge < -0.3 is 10.4 Å². The average Bonchev–Trinajstić information content (AvgIpc) is 2.55. The van der Waals surface area contributed by atoms with Crippen molar-refractivity contribution in [3.63, 3.8) is 0 Å². The molecule has 4 heteroatoms. The first-order valence-electron chi connectivity index (χ1n) is 6.05. The van der Waals surface area contributed by atoms with E-state index in [1.807, 2.05) is 0 Å². The summed E-state index contributed by atoms with van der Waals surface area (Å²) in [5.41, 5.74) is 3.78. The summed E-state index contributed by atoms with van der Waals surface area (Å²) in [6, 6.07) is 0. The lowest BCUT2D eigenvalue weighted by Gasteiger charge is -2.04. The summed E-state index contributed by atoms with van der Waals surface area (Å²) in [7, 11) is 0. The molecule has 0 fully saturated rings. The Balaban J connectivity index is 2.44. The third-order valence-corrected chi connectivity index (χ3v) is 2.89. The minimum absolute atomic E-state index is 0.263. The maximum absolute atomic E-state index is 8.65. The van der Waals surface area contributed by atoms with Crippen LogP contribution in [0.4, 0.5) is 0 Å². The van der Waals surface area contributed by atoms with E-state index in [0.29, 0.717) is 0 Å². The summed E-state index contributed by atoms with van der Waals surface area (Å²) in [6.45, 7) is 9.36. The molecule has 0 aliphatic carbocycles. The van der Waals surface area contributed by atoms with Gasteiger partial charge in [0.15, 0.2) is 0 Å². The van der Waals surface area contributed by atoms with E-state index in [-0.39, 0.29) is 6.61 Å². The molecule has 0 aliphatic rings. The molecule has 92 valence electrons. The fraction of sp³-hybridized carbons (Fsp3) is 0.750. The molecule has 1 aromatic heterocycles. The van der Waals surface area contributed by atoms with Crippen LogP contribution in [0.1, 0.15) is 30.3 Å². The van der Waals surface area contributed by atoms with Gasteiger partial charge in [0.2, 0.25) is 0 Å². The third-order valence-electron chi connectivity index (χ3n) is 2.89. The van der Waals surface area contributed by atoms with Crippen molar-refractivity contribution in [2.45, 2.75) is 40.2 Å². The van der Waals surface area contributed by atoms with Crippen LogP contribution in [0.15, 0.2) is 0 Å². The monoisotopic (exact) mass is 225 g/mol. The number of hydrogen-bond acceptors (Lipinski definition) is 3. The smallest absolute Gasteiger partial charge is 0.0628 e. The normalized spacial score (nSPS) is 11.0. The first kappa shape index (κ1) is 13.2.